The molecule has 0 aliphatic heterocycles. The number of carboxylic acid groups (broad SMARTS) is 1. The summed E-state index contributed by atoms with van der Waals surface area (Å²) in [5, 5.41) is 14.2. The van der Waals surface area contributed by atoms with Crippen molar-refractivity contribution in [2.45, 2.75) is 33.2 Å². The van der Waals surface area contributed by atoms with Crippen LogP contribution >= 0.6 is 0 Å². The lowest BCUT2D eigenvalue weighted by Crippen LogP contribution is -2.35. The highest BCUT2D eigenvalue weighted by Crippen LogP contribution is 2.05. The van der Waals surface area contributed by atoms with Crippen molar-refractivity contribution in [2.75, 3.05) is 6.54 Å². The van der Waals surface area contributed by atoms with E-state index in [1.807, 2.05) is 13.0 Å². The Morgan fingerprint density at radius 2 is 2.15 bits per heavy atom. The number of carbonyl (C=O) groups is 2. The zero-order valence-electron chi connectivity index (χ0n) is 11.8. The molecular weight excluding hydrogens is 258 g/mol. The largest absolute Gasteiger partial charge is 0.481 e. The summed E-state index contributed by atoms with van der Waals surface area (Å²) >= 11 is 0. The molecule has 1 unspecified atom stereocenters. The Balaban J connectivity index is 2.18. The number of urea groups is 1. The second kappa shape index (κ2) is 8.14. The van der Waals surface area contributed by atoms with Crippen LogP contribution in [0, 0.1) is 12.8 Å². The molecule has 1 atom stereocenters. The maximum atomic E-state index is 11.5. The van der Waals surface area contributed by atoms with Gasteiger partial charge in [-0.2, -0.15) is 0 Å². The van der Waals surface area contributed by atoms with Crippen LogP contribution in [0.3, 0.4) is 0 Å². The van der Waals surface area contributed by atoms with E-state index in [4.69, 9.17) is 5.11 Å². The summed E-state index contributed by atoms with van der Waals surface area (Å²) in [5.74, 6) is -1.18. The summed E-state index contributed by atoms with van der Waals surface area (Å²) in [7, 11) is 0. The van der Waals surface area contributed by atoms with Gasteiger partial charge in [-0.25, -0.2) is 4.79 Å². The molecule has 0 aromatic carbocycles. The molecule has 0 aliphatic carbocycles. The monoisotopic (exact) mass is 279 g/mol. The van der Waals surface area contributed by atoms with Crippen molar-refractivity contribution in [1.29, 1.82) is 0 Å². The van der Waals surface area contributed by atoms with Gasteiger partial charge in [0.1, 0.15) is 0 Å². The molecule has 1 aromatic heterocycles. The molecular formula is C14H21N3O3. The zero-order chi connectivity index (χ0) is 15.0. The van der Waals surface area contributed by atoms with E-state index in [1.165, 1.54) is 0 Å². The molecule has 3 N–H and O–H groups in total. The number of carbonyl (C=O) groups excluding carboxylic acids is 1. The highest BCUT2D eigenvalue weighted by Gasteiger charge is 2.10. The van der Waals surface area contributed by atoms with Gasteiger partial charge in [-0.05, 0) is 37.0 Å². The van der Waals surface area contributed by atoms with Crippen LogP contribution in [0.4, 0.5) is 4.79 Å². The third kappa shape index (κ3) is 5.69. The minimum Gasteiger partial charge on any atom is -0.481 e. The highest BCUT2D eigenvalue weighted by atomic mass is 16.4. The average molecular weight is 279 g/mol. The first kappa shape index (κ1) is 15.9. The van der Waals surface area contributed by atoms with Crippen molar-refractivity contribution in [3.63, 3.8) is 0 Å². The molecule has 0 aliphatic rings. The van der Waals surface area contributed by atoms with Crippen LogP contribution in [-0.2, 0) is 11.3 Å². The number of amides is 2. The summed E-state index contributed by atoms with van der Waals surface area (Å²) in [6.45, 7) is 4.52. The van der Waals surface area contributed by atoms with E-state index in [1.54, 1.807) is 19.3 Å². The third-order valence-corrected chi connectivity index (χ3v) is 3.11. The molecule has 20 heavy (non-hydrogen) atoms. The fourth-order valence-corrected chi connectivity index (χ4v) is 1.65. The number of hydrogen-bond donors (Lipinski definition) is 3. The smallest absolute Gasteiger partial charge is 0.315 e. The first-order valence-corrected chi connectivity index (χ1v) is 6.64. The van der Waals surface area contributed by atoms with Crippen LogP contribution in [-0.4, -0.2) is 28.6 Å². The molecule has 0 saturated heterocycles. The minimum absolute atomic E-state index is 0.253. The first-order chi connectivity index (χ1) is 9.50. The first-order valence-electron chi connectivity index (χ1n) is 6.64. The number of rotatable bonds is 7. The lowest BCUT2D eigenvalue weighted by atomic mass is 10.1. The molecule has 0 saturated carbocycles. The Morgan fingerprint density at radius 1 is 1.40 bits per heavy atom. The van der Waals surface area contributed by atoms with Crippen molar-refractivity contribution in [2.24, 2.45) is 5.92 Å². The predicted molar refractivity (Wildman–Crippen MR) is 75.2 cm³/mol. The molecule has 1 aromatic rings. The third-order valence-electron chi connectivity index (χ3n) is 3.11. The van der Waals surface area contributed by atoms with Crippen molar-refractivity contribution in [3.8, 4) is 0 Å². The molecule has 2 amide bonds. The van der Waals surface area contributed by atoms with Crippen LogP contribution in [0.1, 0.15) is 30.9 Å². The van der Waals surface area contributed by atoms with E-state index < -0.39 is 5.97 Å². The van der Waals surface area contributed by atoms with Gasteiger partial charge in [0.2, 0.25) is 0 Å². The molecule has 6 heteroatoms. The average Bonchev–Trinajstić information content (AvgIpc) is 2.42. The Morgan fingerprint density at radius 3 is 2.80 bits per heavy atom. The maximum absolute atomic E-state index is 11.5. The minimum atomic E-state index is -0.804. The fraction of sp³-hybridized carbons (Fsp3) is 0.500. The lowest BCUT2D eigenvalue weighted by molar-refractivity contribution is -0.141. The van der Waals surface area contributed by atoms with Crippen molar-refractivity contribution in [3.05, 3.63) is 29.6 Å². The normalized spacial score (nSPS) is 11.7. The molecule has 0 bridgehead atoms. The van der Waals surface area contributed by atoms with Gasteiger partial charge in [0.25, 0.3) is 0 Å². The summed E-state index contributed by atoms with van der Waals surface area (Å²) in [6.07, 6.45) is 4.64. The summed E-state index contributed by atoms with van der Waals surface area (Å²) in [5.41, 5.74) is 2.05. The summed E-state index contributed by atoms with van der Waals surface area (Å²) < 4.78 is 0. The highest BCUT2D eigenvalue weighted by molar-refractivity contribution is 5.73. The molecule has 1 heterocycles. The lowest BCUT2D eigenvalue weighted by Gasteiger charge is -2.10. The van der Waals surface area contributed by atoms with Crippen LogP contribution in [0.2, 0.25) is 0 Å². The molecule has 1 rings (SSSR count). The Hall–Kier alpha value is -2.11. The van der Waals surface area contributed by atoms with Gasteiger partial charge in [-0.3, -0.25) is 9.78 Å². The second-order valence-corrected chi connectivity index (χ2v) is 4.79. The van der Waals surface area contributed by atoms with E-state index >= 15 is 0 Å². The van der Waals surface area contributed by atoms with Crippen LogP contribution in [0.25, 0.3) is 0 Å². The molecule has 6 nitrogen and oxygen atoms in total. The molecule has 0 radical (unpaired) electrons. The van der Waals surface area contributed by atoms with E-state index in [2.05, 4.69) is 15.6 Å². The Bertz CT molecular complexity index is 463. The fourth-order valence-electron chi connectivity index (χ4n) is 1.65. The van der Waals surface area contributed by atoms with Gasteiger partial charge >= 0.3 is 12.0 Å². The van der Waals surface area contributed by atoms with Crippen LogP contribution < -0.4 is 10.6 Å². The number of aromatic nitrogens is 1. The van der Waals surface area contributed by atoms with Gasteiger partial charge in [0.05, 0.1) is 5.92 Å². The summed E-state index contributed by atoms with van der Waals surface area (Å²) in [6, 6.07) is 1.64. The van der Waals surface area contributed by atoms with E-state index in [0.29, 0.717) is 25.9 Å². The second-order valence-electron chi connectivity index (χ2n) is 4.79. The molecule has 0 spiro atoms. The Kier molecular flexibility index (Phi) is 6.49. The standard InChI is InChI=1S/C14H21N3O3/c1-10-5-7-15-8-12(10)9-17-14(20)16-6-3-4-11(2)13(18)19/h5,7-8,11H,3-4,6,9H2,1-2H3,(H,18,19)(H2,16,17,20). The summed E-state index contributed by atoms with van der Waals surface area (Å²) in [4.78, 5) is 26.2. The number of aryl methyl sites for hydroxylation is 1. The quantitative estimate of drug-likeness (QED) is 0.662. The maximum Gasteiger partial charge on any atom is 0.315 e. The van der Waals surface area contributed by atoms with Crippen molar-refractivity contribution < 1.29 is 14.7 Å². The SMILES string of the molecule is Cc1ccncc1CNC(=O)NCCCC(C)C(=O)O. The van der Waals surface area contributed by atoms with E-state index in [0.717, 1.165) is 11.1 Å². The molecule has 110 valence electrons. The Labute approximate surface area is 118 Å². The number of carboxylic acids is 1. The zero-order valence-corrected chi connectivity index (χ0v) is 11.8. The number of hydrogen-bond acceptors (Lipinski definition) is 3. The predicted octanol–water partition coefficient (Wildman–Crippen LogP) is 1.69. The van der Waals surface area contributed by atoms with Gasteiger partial charge in [-0.1, -0.05) is 6.92 Å². The van der Waals surface area contributed by atoms with E-state index in [-0.39, 0.29) is 11.9 Å². The topological polar surface area (TPSA) is 91.3 Å². The van der Waals surface area contributed by atoms with Gasteiger partial charge in [0.15, 0.2) is 0 Å². The number of nitrogens with one attached hydrogen (secondary N) is 2. The van der Waals surface area contributed by atoms with Crippen LogP contribution in [0.5, 0.6) is 0 Å². The van der Waals surface area contributed by atoms with Gasteiger partial charge in [-0.15, -0.1) is 0 Å². The molecule has 0 fully saturated rings. The number of nitrogens with zero attached hydrogens (tertiary/aromatic N) is 1. The van der Waals surface area contributed by atoms with Gasteiger partial charge in [0, 0.05) is 25.5 Å². The van der Waals surface area contributed by atoms with Gasteiger partial charge < -0.3 is 15.7 Å². The number of pyridine rings is 1. The van der Waals surface area contributed by atoms with Crippen molar-refractivity contribution >= 4 is 12.0 Å². The van der Waals surface area contributed by atoms with Crippen molar-refractivity contribution in [1.82, 2.24) is 15.6 Å². The van der Waals surface area contributed by atoms with Crippen LogP contribution in [0.15, 0.2) is 18.5 Å². The van der Waals surface area contributed by atoms with E-state index in [9.17, 15) is 9.59 Å². The number of aliphatic carboxylic acids is 1.